The van der Waals surface area contributed by atoms with Gasteiger partial charge in [-0.05, 0) is 47.5 Å². The lowest BCUT2D eigenvalue weighted by Gasteiger charge is -2.31. The Morgan fingerprint density at radius 1 is 1.35 bits per heavy atom. The molecule has 1 aliphatic rings. The SMILES string of the molecule is CC(C)N(C)S(=O)(=O)N1CCC[C@H]1C(=O)OC(C)(C)C. The molecule has 118 valence electrons. The highest BCUT2D eigenvalue weighted by Crippen LogP contribution is 2.26. The number of carbonyl (C=O) groups is 1. The lowest BCUT2D eigenvalue weighted by atomic mass is 10.2. The van der Waals surface area contributed by atoms with Crippen LogP contribution in [0.4, 0.5) is 0 Å². The summed E-state index contributed by atoms with van der Waals surface area (Å²) in [6, 6.07) is -0.861. The van der Waals surface area contributed by atoms with E-state index in [0.717, 1.165) is 0 Å². The average Bonchev–Trinajstić information content (AvgIpc) is 2.74. The molecular formula is C13H26N2O4S. The number of rotatable bonds is 4. The largest absolute Gasteiger partial charge is 0.459 e. The van der Waals surface area contributed by atoms with Gasteiger partial charge >= 0.3 is 5.97 Å². The van der Waals surface area contributed by atoms with E-state index in [9.17, 15) is 13.2 Å². The molecule has 0 aromatic rings. The van der Waals surface area contributed by atoms with Gasteiger partial charge in [0, 0.05) is 19.6 Å². The van der Waals surface area contributed by atoms with Crippen LogP contribution in [0.2, 0.25) is 0 Å². The second-order valence-corrected chi connectivity index (χ2v) is 8.36. The predicted molar refractivity (Wildman–Crippen MR) is 77.4 cm³/mol. The quantitative estimate of drug-likeness (QED) is 0.736. The summed E-state index contributed by atoms with van der Waals surface area (Å²) in [7, 11) is -2.09. The molecule has 0 aromatic heterocycles. The molecule has 0 radical (unpaired) electrons. The van der Waals surface area contributed by atoms with Crippen LogP contribution in [0.5, 0.6) is 0 Å². The maximum atomic E-state index is 12.5. The van der Waals surface area contributed by atoms with Crippen LogP contribution in [0.25, 0.3) is 0 Å². The van der Waals surface area contributed by atoms with Crippen molar-refractivity contribution in [1.29, 1.82) is 0 Å². The van der Waals surface area contributed by atoms with Crippen molar-refractivity contribution in [2.24, 2.45) is 0 Å². The normalized spacial score (nSPS) is 21.7. The minimum atomic E-state index is -3.62. The third-order valence-electron chi connectivity index (χ3n) is 3.27. The monoisotopic (exact) mass is 306 g/mol. The van der Waals surface area contributed by atoms with Crippen molar-refractivity contribution in [2.75, 3.05) is 13.6 Å². The first-order valence-corrected chi connectivity index (χ1v) is 8.34. The van der Waals surface area contributed by atoms with Crippen molar-refractivity contribution in [1.82, 2.24) is 8.61 Å². The number of hydrogen-bond donors (Lipinski definition) is 0. The molecule has 20 heavy (non-hydrogen) atoms. The van der Waals surface area contributed by atoms with Crippen molar-refractivity contribution < 1.29 is 17.9 Å². The van der Waals surface area contributed by atoms with Crippen LogP contribution in [0, 0.1) is 0 Å². The van der Waals surface area contributed by atoms with Crippen molar-refractivity contribution in [3.05, 3.63) is 0 Å². The summed E-state index contributed by atoms with van der Waals surface area (Å²) in [4.78, 5) is 12.2. The molecule has 0 saturated carbocycles. The Morgan fingerprint density at radius 2 is 1.90 bits per heavy atom. The molecule has 1 aliphatic heterocycles. The number of carbonyl (C=O) groups excluding carboxylic acids is 1. The fourth-order valence-electron chi connectivity index (χ4n) is 2.05. The van der Waals surface area contributed by atoms with Gasteiger partial charge in [0.2, 0.25) is 0 Å². The maximum Gasteiger partial charge on any atom is 0.325 e. The summed E-state index contributed by atoms with van der Waals surface area (Å²) in [5.41, 5.74) is -0.612. The molecule has 7 heteroatoms. The van der Waals surface area contributed by atoms with Gasteiger partial charge in [-0.3, -0.25) is 4.79 Å². The molecule has 1 heterocycles. The van der Waals surface area contributed by atoms with Crippen molar-refractivity contribution >= 4 is 16.2 Å². The number of esters is 1. The highest BCUT2D eigenvalue weighted by molar-refractivity contribution is 7.86. The third kappa shape index (κ3) is 3.93. The number of ether oxygens (including phenoxy) is 1. The van der Waals surface area contributed by atoms with E-state index >= 15 is 0 Å². The van der Waals surface area contributed by atoms with E-state index in [0.29, 0.717) is 19.4 Å². The summed E-state index contributed by atoms with van der Waals surface area (Å²) < 4.78 is 32.9. The summed E-state index contributed by atoms with van der Waals surface area (Å²) >= 11 is 0. The molecule has 0 aromatic carbocycles. The molecule has 1 atom stereocenters. The fourth-order valence-corrected chi connectivity index (χ4v) is 3.79. The van der Waals surface area contributed by atoms with Gasteiger partial charge in [0.05, 0.1) is 0 Å². The predicted octanol–water partition coefficient (Wildman–Crippen LogP) is 1.38. The Kier molecular flexibility index (Phi) is 5.21. The van der Waals surface area contributed by atoms with E-state index in [1.807, 2.05) is 0 Å². The van der Waals surface area contributed by atoms with Crippen LogP contribution in [-0.2, 0) is 19.7 Å². The fraction of sp³-hybridized carbons (Fsp3) is 0.923. The van der Waals surface area contributed by atoms with E-state index in [2.05, 4.69) is 0 Å². The Morgan fingerprint density at radius 3 is 2.35 bits per heavy atom. The van der Waals surface area contributed by atoms with E-state index in [1.165, 1.54) is 15.7 Å². The minimum absolute atomic E-state index is 0.153. The molecule has 0 unspecified atom stereocenters. The van der Waals surface area contributed by atoms with Gasteiger partial charge in [-0.2, -0.15) is 17.0 Å². The molecule has 0 bridgehead atoms. The number of hydrogen-bond acceptors (Lipinski definition) is 4. The van der Waals surface area contributed by atoms with Crippen LogP contribution in [0.15, 0.2) is 0 Å². The summed E-state index contributed by atoms with van der Waals surface area (Å²) in [6.07, 6.45) is 1.19. The zero-order chi connectivity index (χ0) is 15.7. The lowest BCUT2D eigenvalue weighted by molar-refractivity contribution is -0.158. The van der Waals surface area contributed by atoms with Crippen molar-refractivity contribution in [3.8, 4) is 0 Å². The Labute approximate surface area is 122 Å². The molecule has 0 N–H and O–H groups in total. The van der Waals surface area contributed by atoms with Gasteiger partial charge in [0.15, 0.2) is 0 Å². The van der Waals surface area contributed by atoms with Crippen molar-refractivity contribution in [2.45, 2.75) is 65.1 Å². The lowest BCUT2D eigenvalue weighted by Crippen LogP contribution is -2.50. The smallest absolute Gasteiger partial charge is 0.325 e. The molecule has 1 rings (SSSR count). The molecule has 6 nitrogen and oxygen atoms in total. The third-order valence-corrected chi connectivity index (χ3v) is 5.45. The zero-order valence-electron chi connectivity index (χ0n) is 13.2. The van der Waals surface area contributed by atoms with E-state index < -0.39 is 27.8 Å². The van der Waals surface area contributed by atoms with Gasteiger partial charge in [0.1, 0.15) is 11.6 Å². The Hall–Kier alpha value is -0.660. The van der Waals surface area contributed by atoms with Crippen LogP contribution in [0.1, 0.15) is 47.5 Å². The van der Waals surface area contributed by atoms with Crippen molar-refractivity contribution in [3.63, 3.8) is 0 Å². The zero-order valence-corrected chi connectivity index (χ0v) is 14.0. The van der Waals surface area contributed by atoms with E-state index in [1.54, 1.807) is 34.6 Å². The summed E-state index contributed by atoms with van der Waals surface area (Å²) in [5, 5.41) is 0. The second kappa shape index (κ2) is 5.99. The highest BCUT2D eigenvalue weighted by Gasteiger charge is 2.42. The summed E-state index contributed by atoms with van der Waals surface area (Å²) in [6.45, 7) is 9.30. The first kappa shape index (κ1) is 17.4. The Balaban J connectivity index is 2.93. The van der Waals surface area contributed by atoms with E-state index in [-0.39, 0.29) is 6.04 Å². The molecule has 1 fully saturated rings. The Bertz CT molecular complexity index is 453. The average molecular weight is 306 g/mol. The van der Waals surface area contributed by atoms with Gasteiger partial charge in [-0.15, -0.1) is 0 Å². The van der Waals surface area contributed by atoms with Crippen LogP contribution < -0.4 is 0 Å². The maximum absolute atomic E-state index is 12.5. The highest BCUT2D eigenvalue weighted by atomic mass is 32.2. The second-order valence-electron chi connectivity index (χ2n) is 6.42. The molecule has 0 aliphatic carbocycles. The first-order chi connectivity index (χ1) is 8.97. The molecule has 1 saturated heterocycles. The van der Waals surface area contributed by atoms with Crippen LogP contribution in [0.3, 0.4) is 0 Å². The van der Waals surface area contributed by atoms with Gasteiger partial charge < -0.3 is 4.74 Å². The van der Waals surface area contributed by atoms with Crippen LogP contribution in [-0.4, -0.2) is 54.3 Å². The van der Waals surface area contributed by atoms with Crippen LogP contribution >= 0.6 is 0 Å². The first-order valence-electron chi connectivity index (χ1n) is 6.94. The topological polar surface area (TPSA) is 66.9 Å². The van der Waals surface area contributed by atoms with Gasteiger partial charge in [0.25, 0.3) is 10.2 Å². The minimum Gasteiger partial charge on any atom is -0.459 e. The molecular weight excluding hydrogens is 280 g/mol. The molecule has 0 amide bonds. The molecule has 0 spiro atoms. The van der Waals surface area contributed by atoms with E-state index in [4.69, 9.17) is 4.74 Å². The summed E-state index contributed by atoms with van der Waals surface area (Å²) in [5.74, 6) is -0.462. The number of nitrogens with zero attached hydrogens (tertiary/aromatic N) is 2. The van der Waals surface area contributed by atoms with Gasteiger partial charge in [-0.25, -0.2) is 0 Å². The standard InChI is InChI=1S/C13H26N2O4S/c1-10(2)14(6)20(17,18)15-9-7-8-11(15)12(16)19-13(3,4)5/h10-11H,7-9H2,1-6H3/t11-/m0/s1. The van der Waals surface area contributed by atoms with Gasteiger partial charge in [-0.1, -0.05) is 0 Å².